The number of hydrogen-bond donors (Lipinski definition) is 1. The molecular weight excluding hydrogens is 302 g/mol. The number of nitro benzene ring substituents is 1. The average molecular weight is 316 g/mol. The summed E-state index contributed by atoms with van der Waals surface area (Å²) in [6.07, 6.45) is 2.00. The third-order valence-corrected chi connectivity index (χ3v) is 5.09. The molecule has 0 atom stereocenters. The molecule has 1 fully saturated rings. The van der Waals surface area contributed by atoms with Crippen LogP contribution in [0.4, 0.5) is 5.69 Å². The zero-order chi connectivity index (χ0) is 14.8. The molecule has 1 N–H and O–H groups in total. The van der Waals surface area contributed by atoms with Crippen LogP contribution in [0.5, 0.6) is 0 Å². The Hall–Kier alpha value is -1.27. The van der Waals surface area contributed by atoms with Crippen LogP contribution in [0.25, 0.3) is 0 Å². The van der Waals surface area contributed by atoms with E-state index in [9.17, 15) is 14.9 Å². The fraction of sp³-hybridized carbons (Fsp3) is 0.462. The Bertz CT molecular complexity index is 545. The van der Waals surface area contributed by atoms with Gasteiger partial charge in [0.15, 0.2) is 0 Å². The maximum atomic E-state index is 11.0. The van der Waals surface area contributed by atoms with Crippen molar-refractivity contribution in [3.05, 3.63) is 38.9 Å². The van der Waals surface area contributed by atoms with Gasteiger partial charge in [-0.1, -0.05) is 17.7 Å². The molecule has 0 spiro atoms. The van der Waals surface area contributed by atoms with Crippen LogP contribution >= 0.6 is 23.4 Å². The number of carbonyl (C=O) groups is 1. The number of rotatable bonds is 7. The minimum Gasteiger partial charge on any atom is -0.481 e. The molecule has 0 heterocycles. The number of hydrogen-bond acceptors (Lipinski definition) is 4. The van der Waals surface area contributed by atoms with Crippen LogP contribution in [0.2, 0.25) is 5.02 Å². The topological polar surface area (TPSA) is 80.4 Å². The second kappa shape index (κ2) is 6.01. The zero-order valence-electron chi connectivity index (χ0n) is 10.7. The van der Waals surface area contributed by atoms with Crippen molar-refractivity contribution in [3.8, 4) is 0 Å². The van der Waals surface area contributed by atoms with E-state index in [1.54, 1.807) is 12.1 Å². The van der Waals surface area contributed by atoms with Crippen molar-refractivity contribution in [1.82, 2.24) is 0 Å². The van der Waals surface area contributed by atoms with Gasteiger partial charge in [0.1, 0.15) is 0 Å². The second-order valence-corrected chi connectivity index (χ2v) is 6.45. The molecule has 0 amide bonds. The number of carboxylic acid groups (broad SMARTS) is 1. The minimum atomic E-state index is -0.785. The Kier molecular flexibility index (Phi) is 4.55. The molecule has 0 radical (unpaired) electrons. The Labute approximate surface area is 125 Å². The van der Waals surface area contributed by atoms with Gasteiger partial charge in [-0.15, -0.1) is 0 Å². The van der Waals surface area contributed by atoms with Crippen LogP contribution in [0.15, 0.2) is 18.2 Å². The van der Waals surface area contributed by atoms with Crippen molar-refractivity contribution >= 4 is 35.0 Å². The molecule has 0 saturated heterocycles. The summed E-state index contributed by atoms with van der Waals surface area (Å²) < 4.78 is 0. The van der Waals surface area contributed by atoms with Gasteiger partial charge in [0.05, 0.1) is 21.9 Å². The lowest BCUT2D eigenvalue weighted by atomic mass is 10.1. The summed E-state index contributed by atoms with van der Waals surface area (Å²) in [5.74, 6) is 0.339. The predicted octanol–water partition coefficient (Wildman–Crippen LogP) is 3.74. The fourth-order valence-corrected chi connectivity index (χ4v) is 3.85. The zero-order valence-corrected chi connectivity index (χ0v) is 12.2. The molecule has 1 aromatic rings. The molecule has 1 saturated carbocycles. The largest absolute Gasteiger partial charge is 0.481 e. The van der Waals surface area contributed by atoms with Gasteiger partial charge in [-0.3, -0.25) is 14.9 Å². The molecule has 0 unspecified atom stereocenters. The number of nitrogens with zero attached hydrogens (tertiary/aromatic N) is 1. The van der Waals surface area contributed by atoms with Gasteiger partial charge in [0, 0.05) is 11.8 Å². The third-order valence-electron chi connectivity index (χ3n) is 3.43. The lowest BCUT2D eigenvalue weighted by molar-refractivity contribution is -0.385. The summed E-state index contributed by atoms with van der Waals surface area (Å²) in [7, 11) is 0. The van der Waals surface area contributed by atoms with Crippen molar-refractivity contribution in [1.29, 1.82) is 0 Å². The third kappa shape index (κ3) is 3.64. The highest BCUT2D eigenvalue weighted by Crippen LogP contribution is 2.51. The normalized spacial score (nSPS) is 15.8. The number of aliphatic carboxylic acids is 1. The van der Waals surface area contributed by atoms with Crippen LogP contribution in [-0.2, 0) is 10.5 Å². The van der Waals surface area contributed by atoms with Crippen molar-refractivity contribution in [2.75, 3.05) is 5.75 Å². The molecule has 5 nitrogen and oxygen atoms in total. The van der Waals surface area contributed by atoms with Gasteiger partial charge < -0.3 is 5.11 Å². The Morgan fingerprint density at radius 2 is 2.20 bits per heavy atom. The van der Waals surface area contributed by atoms with E-state index in [2.05, 4.69) is 0 Å². The fourth-order valence-electron chi connectivity index (χ4n) is 2.10. The first kappa shape index (κ1) is 15.1. The minimum absolute atomic E-state index is 0.0214. The van der Waals surface area contributed by atoms with Gasteiger partial charge >= 0.3 is 5.97 Å². The second-order valence-electron chi connectivity index (χ2n) is 5.06. The molecule has 1 aromatic carbocycles. The number of benzene rings is 1. The van der Waals surface area contributed by atoms with Gasteiger partial charge in [0.2, 0.25) is 0 Å². The molecule has 20 heavy (non-hydrogen) atoms. The maximum Gasteiger partial charge on any atom is 0.303 e. The lowest BCUT2D eigenvalue weighted by Gasteiger charge is -2.12. The van der Waals surface area contributed by atoms with Gasteiger partial charge in [-0.05, 0) is 30.1 Å². The summed E-state index contributed by atoms with van der Waals surface area (Å²) in [6.45, 7) is 0. The first-order valence-electron chi connectivity index (χ1n) is 6.15. The molecule has 1 aliphatic rings. The van der Waals surface area contributed by atoms with Crippen molar-refractivity contribution in [3.63, 3.8) is 0 Å². The van der Waals surface area contributed by atoms with E-state index < -0.39 is 10.9 Å². The van der Waals surface area contributed by atoms with E-state index in [4.69, 9.17) is 16.7 Å². The van der Waals surface area contributed by atoms with Gasteiger partial charge in [-0.25, -0.2) is 0 Å². The predicted molar refractivity (Wildman–Crippen MR) is 78.2 cm³/mol. The number of halogens is 1. The molecule has 1 aliphatic carbocycles. The summed E-state index contributed by atoms with van der Waals surface area (Å²) in [4.78, 5) is 21.3. The average Bonchev–Trinajstić information content (AvgIpc) is 3.10. The highest BCUT2D eigenvalue weighted by Gasteiger charge is 2.44. The number of nitro groups is 1. The molecule has 7 heteroatoms. The summed E-state index contributed by atoms with van der Waals surface area (Å²) in [6, 6.07) is 4.63. The van der Waals surface area contributed by atoms with Gasteiger partial charge in [0.25, 0.3) is 5.69 Å². The van der Waals surface area contributed by atoms with Crippen LogP contribution < -0.4 is 0 Å². The summed E-state index contributed by atoms with van der Waals surface area (Å²) >= 11 is 7.52. The smallest absolute Gasteiger partial charge is 0.303 e. The van der Waals surface area contributed by atoms with Crippen molar-refractivity contribution in [2.45, 2.75) is 25.0 Å². The van der Waals surface area contributed by atoms with Gasteiger partial charge in [-0.2, -0.15) is 11.8 Å². The summed E-state index contributed by atoms with van der Waals surface area (Å²) in [5.41, 5.74) is 0.412. The first-order chi connectivity index (χ1) is 9.43. The SMILES string of the molecule is O=C(O)CC1(CSCc2c(Cl)cccc2[N+](=O)[O-])CC1. The molecule has 2 rings (SSSR count). The highest BCUT2D eigenvalue weighted by molar-refractivity contribution is 7.98. The Balaban J connectivity index is 1.98. The molecular formula is C13H14ClNO4S. The van der Waals surface area contributed by atoms with Crippen molar-refractivity contribution in [2.24, 2.45) is 5.41 Å². The lowest BCUT2D eigenvalue weighted by Crippen LogP contribution is -2.11. The van der Waals surface area contributed by atoms with E-state index in [0.29, 0.717) is 22.1 Å². The Morgan fingerprint density at radius 1 is 1.50 bits per heavy atom. The van der Waals surface area contributed by atoms with E-state index >= 15 is 0 Å². The summed E-state index contributed by atoms with van der Waals surface area (Å²) in [5, 5.41) is 20.2. The van der Waals surface area contributed by atoms with Crippen LogP contribution in [0.3, 0.4) is 0 Å². The van der Waals surface area contributed by atoms with Crippen molar-refractivity contribution < 1.29 is 14.8 Å². The number of thioether (sulfide) groups is 1. The molecule has 108 valence electrons. The molecule has 0 bridgehead atoms. The highest BCUT2D eigenvalue weighted by atomic mass is 35.5. The Morgan fingerprint density at radius 3 is 2.75 bits per heavy atom. The van der Waals surface area contributed by atoms with Crippen LogP contribution in [0, 0.1) is 15.5 Å². The van der Waals surface area contributed by atoms with E-state index in [-0.39, 0.29) is 17.5 Å². The van der Waals surface area contributed by atoms with E-state index in [0.717, 1.165) is 12.8 Å². The molecule has 0 aliphatic heterocycles. The van der Waals surface area contributed by atoms with E-state index in [1.807, 2.05) is 0 Å². The standard InChI is InChI=1S/C13H14ClNO4S/c14-10-2-1-3-11(15(18)19)9(10)7-20-8-13(4-5-13)6-12(16)17/h1-3H,4-8H2,(H,16,17). The monoisotopic (exact) mass is 315 g/mol. The maximum absolute atomic E-state index is 11.0. The number of carboxylic acids is 1. The first-order valence-corrected chi connectivity index (χ1v) is 7.68. The van der Waals surface area contributed by atoms with Crippen LogP contribution in [-0.4, -0.2) is 21.8 Å². The van der Waals surface area contributed by atoms with Crippen LogP contribution in [0.1, 0.15) is 24.8 Å². The quantitative estimate of drug-likeness (QED) is 0.612. The van der Waals surface area contributed by atoms with E-state index in [1.165, 1.54) is 17.8 Å². The molecule has 0 aromatic heterocycles.